The summed E-state index contributed by atoms with van der Waals surface area (Å²) >= 11 is 0. The molecule has 2 nitrogen and oxygen atoms in total. The molecule has 2 atom stereocenters. The first kappa shape index (κ1) is 30.6. The number of hydrogen-bond acceptors (Lipinski definition) is 2. The van der Waals surface area contributed by atoms with E-state index < -0.39 is 16.4 Å². The van der Waals surface area contributed by atoms with Gasteiger partial charge in [0.1, 0.15) is 5.75 Å². The van der Waals surface area contributed by atoms with E-state index in [0.717, 1.165) is 18.6 Å². The van der Waals surface area contributed by atoms with Crippen LogP contribution in [-0.4, -0.2) is 22.7 Å². The molecule has 4 heteroatoms. The van der Waals surface area contributed by atoms with Gasteiger partial charge in [-0.05, 0) is 54.6 Å². The summed E-state index contributed by atoms with van der Waals surface area (Å²) < 4.78 is 13.0. The van der Waals surface area contributed by atoms with Crippen molar-refractivity contribution in [1.29, 1.82) is 0 Å². The Hall–Kier alpha value is -0.586. The normalized spacial score (nSPS) is 14.4. The largest absolute Gasteiger partial charge is 0.466 e. The fourth-order valence-electron chi connectivity index (χ4n) is 2.71. The molecule has 0 aromatic heterocycles. The zero-order valence-electron chi connectivity index (χ0n) is 19.6. The molecule has 0 radical (unpaired) electrons. The highest BCUT2D eigenvalue weighted by atomic mass is 28.4. The predicted molar refractivity (Wildman–Crippen MR) is 139 cm³/mol. The van der Waals surface area contributed by atoms with Crippen LogP contribution in [0.25, 0.3) is 0 Å². The number of benzene rings is 1. The molecule has 0 N–H and O–H groups in total. The van der Waals surface area contributed by atoms with Crippen LogP contribution in [0.3, 0.4) is 0 Å². The Labute approximate surface area is 185 Å². The average molecular weight is 441 g/mol. The maximum absolute atomic E-state index is 6.65. The van der Waals surface area contributed by atoms with E-state index >= 15 is 0 Å². The van der Waals surface area contributed by atoms with Gasteiger partial charge >= 0.3 is 0 Å². The van der Waals surface area contributed by atoms with Crippen LogP contribution in [0.2, 0.25) is 43.8 Å². The third-order valence-corrected chi connectivity index (χ3v) is 12.2. The molecule has 172 valence electrons. The minimum absolute atomic E-state index is 0. The van der Waals surface area contributed by atoms with Gasteiger partial charge in [0.2, 0.25) is 0 Å². The number of hydrogen-bond donors (Lipinski definition) is 0. The van der Waals surface area contributed by atoms with E-state index in [9.17, 15) is 0 Å². The minimum atomic E-state index is -1.87. The lowest BCUT2D eigenvalue weighted by Gasteiger charge is -2.39. The second-order valence-electron chi connectivity index (χ2n) is 10.8. The Bertz CT molecular complexity index is 554. The van der Waals surface area contributed by atoms with E-state index in [4.69, 9.17) is 9.16 Å². The Morgan fingerprint density at radius 2 is 1.45 bits per heavy atom. The third kappa shape index (κ3) is 10.8. The molecule has 1 aromatic carbocycles. The van der Waals surface area contributed by atoms with Gasteiger partial charge in [0.25, 0.3) is 0 Å². The van der Waals surface area contributed by atoms with Crippen molar-refractivity contribution in [2.24, 2.45) is 0 Å². The first-order chi connectivity index (χ1) is 12.2. The highest BCUT2D eigenvalue weighted by molar-refractivity contribution is 6.76. The summed E-state index contributed by atoms with van der Waals surface area (Å²) in [4.78, 5) is 0. The van der Waals surface area contributed by atoms with Crippen LogP contribution in [0.1, 0.15) is 80.2 Å². The van der Waals surface area contributed by atoms with Gasteiger partial charge in [-0.25, -0.2) is 0 Å². The molecule has 2 unspecified atom stereocenters. The Kier molecular flexibility index (Phi) is 13.0. The van der Waals surface area contributed by atoms with Crippen molar-refractivity contribution in [2.45, 2.75) is 125 Å². The van der Waals surface area contributed by atoms with Crippen LogP contribution >= 0.6 is 0 Å². The molecule has 0 spiro atoms. The van der Waals surface area contributed by atoms with Gasteiger partial charge in [-0.15, -0.1) is 0 Å². The quantitative estimate of drug-likeness (QED) is 0.266. The molecule has 0 aliphatic carbocycles. The van der Waals surface area contributed by atoms with E-state index in [1.165, 1.54) is 18.0 Å². The van der Waals surface area contributed by atoms with Crippen molar-refractivity contribution in [3.63, 3.8) is 0 Å². The second-order valence-corrected chi connectivity index (χ2v) is 21.1. The van der Waals surface area contributed by atoms with Crippen molar-refractivity contribution in [2.75, 3.05) is 0 Å². The monoisotopic (exact) mass is 440 g/mol. The summed E-state index contributed by atoms with van der Waals surface area (Å²) in [6.45, 7) is 23.3. The molecule has 0 saturated carbocycles. The highest BCUT2D eigenvalue weighted by Crippen LogP contribution is 2.38. The first-order valence-electron chi connectivity index (χ1n) is 10.7. The maximum atomic E-state index is 6.65. The van der Waals surface area contributed by atoms with Crippen LogP contribution in [0.4, 0.5) is 0 Å². The fourth-order valence-corrected chi connectivity index (χ4v) is 5.15. The molecule has 0 bridgehead atoms. The predicted octanol–water partition coefficient (Wildman–Crippen LogP) is 9.32. The Morgan fingerprint density at radius 3 is 1.86 bits per heavy atom. The summed E-state index contributed by atoms with van der Waals surface area (Å²) in [5.74, 6) is 1.52. The minimum Gasteiger partial charge on any atom is -0.466 e. The summed E-state index contributed by atoms with van der Waals surface area (Å²) in [6.07, 6.45) is 3.18. The smallest absolute Gasteiger partial charge is 0.196 e. The zero-order valence-corrected chi connectivity index (χ0v) is 21.6. The standard InChI is InChI=1S/C23H44O2Si2.2CH4/c1-11-19(2)20-14-16-21(17-15-20)24-22(13-12-18-26(6,7)8)25-27(9,10)23(3,4)5;;/h14-17,19,22H,11-13,18H2,1-10H3;2*1H4. The first-order valence-corrected chi connectivity index (χ1v) is 17.3. The molecular weight excluding hydrogens is 388 g/mol. The molecule has 0 aliphatic rings. The average Bonchev–Trinajstić information content (AvgIpc) is 2.52. The van der Waals surface area contributed by atoms with E-state index in [0.29, 0.717) is 5.92 Å². The van der Waals surface area contributed by atoms with Gasteiger partial charge in [0, 0.05) is 14.5 Å². The van der Waals surface area contributed by atoms with Crippen molar-refractivity contribution in [1.82, 2.24) is 0 Å². The molecule has 1 rings (SSSR count). The molecule has 1 aromatic rings. The van der Waals surface area contributed by atoms with Crippen LogP contribution < -0.4 is 4.74 Å². The summed E-state index contributed by atoms with van der Waals surface area (Å²) in [5, 5.41) is 0.188. The lowest BCUT2D eigenvalue weighted by atomic mass is 9.99. The molecular formula is C25H52O2Si2. The Morgan fingerprint density at radius 1 is 0.931 bits per heavy atom. The van der Waals surface area contributed by atoms with Crippen molar-refractivity contribution in [3.8, 4) is 5.75 Å². The molecule has 0 aliphatic heterocycles. The number of rotatable bonds is 10. The van der Waals surface area contributed by atoms with Crippen molar-refractivity contribution in [3.05, 3.63) is 29.8 Å². The van der Waals surface area contributed by atoms with E-state index in [2.05, 4.69) is 91.6 Å². The molecule has 0 heterocycles. The lowest BCUT2D eigenvalue weighted by Crippen LogP contribution is -2.45. The van der Waals surface area contributed by atoms with Gasteiger partial charge < -0.3 is 9.16 Å². The van der Waals surface area contributed by atoms with Gasteiger partial charge in [-0.3, -0.25) is 0 Å². The van der Waals surface area contributed by atoms with Gasteiger partial charge in [0.05, 0.1) is 0 Å². The molecule has 29 heavy (non-hydrogen) atoms. The van der Waals surface area contributed by atoms with Crippen LogP contribution in [0, 0.1) is 0 Å². The highest BCUT2D eigenvalue weighted by Gasteiger charge is 2.39. The van der Waals surface area contributed by atoms with Crippen molar-refractivity contribution >= 4 is 16.4 Å². The molecule has 0 amide bonds. The zero-order chi connectivity index (χ0) is 20.9. The number of ether oxygens (including phenoxy) is 1. The summed E-state index contributed by atoms with van der Waals surface area (Å²) in [7, 11) is -2.90. The lowest BCUT2D eigenvalue weighted by molar-refractivity contribution is -0.0122. The van der Waals surface area contributed by atoms with Crippen molar-refractivity contribution < 1.29 is 9.16 Å². The van der Waals surface area contributed by atoms with Gasteiger partial charge in [0.15, 0.2) is 14.6 Å². The van der Waals surface area contributed by atoms with Crippen LogP contribution in [-0.2, 0) is 4.43 Å². The summed E-state index contributed by atoms with van der Waals surface area (Å²) in [6, 6.07) is 9.95. The fraction of sp³-hybridized carbons (Fsp3) is 0.760. The van der Waals surface area contributed by atoms with Gasteiger partial charge in [-0.1, -0.05) is 87.3 Å². The topological polar surface area (TPSA) is 18.5 Å². The van der Waals surface area contributed by atoms with E-state index in [1.54, 1.807) is 0 Å². The SMILES string of the molecule is C.C.CCC(C)c1ccc(OC(CCC[Si](C)(C)C)O[Si](C)(C)C(C)(C)C)cc1. The van der Waals surface area contributed by atoms with Gasteiger partial charge in [-0.2, -0.15) is 0 Å². The second kappa shape index (κ2) is 12.3. The van der Waals surface area contributed by atoms with E-state index in [1.807, 2.05) is 0 Å². The molecule has 0 saturated heterocycles. The summed E-state index contributed by atoms with van der Waals surface area (Å²) in [5.41, 5.74) is 1.38. The van der Waals surface area contributed by atoms with Crippen LogP contribution in [0.15, 0.2) is 24.3 Å². The maximum Gasteiger partial charge on any atom is 0.196 e. The Balaban J connectivity index is 0. The third-order valence-electron chi connectivity index (χ3n) is 5.93. The molecule has 0 fully saturated rings. The van der Waals surface area contributed by atoms with Crippen LogP contribution in [0.5, 0.6) is 5.75 Å². The van der Waals surface area contributed by atoms with E-state index in [-0.39, 0.29) is 26.2 Å².